The standard InChI is InChI=1S/C19H16O3/c1-22-12-6-4-5-11(9-12)15-10-16-17(15)19(21)14-8-3-2-7-13(14)18(16)20/h2-9,15-17H,10H2,1H3/t15-,16+,17-/m0/s1. The molecule has 0 amide bonds. The van der Waals surface area contributed by atoms with Gasteiger partial charge in [-0.2, -0.15) is 0 Å². The highest BCUT2D eigenvalue weighted by molar-refractivity contribution is 6.17. The largest absolute Gasteiger partial charge is 0.497 e. The molecule has 2 aromatic carbocycles. The second-order valence-corrected chi connectivity index (χ2v) is 6.03. The van der Waals surface area contributed by atoms with Gasteiger partial charge in [0.25, 0.3) is 0 Å². The maximum atomic E-state index is 12.8. The van der Waals surface area contributed by atoms with Gasteiger partial charge in [-0.25, -0.2) is 0 Å². The lowest BCUT2D eigenvalue weighted by atomic mass is 9.55. The van der Waals surface area contributed by atoms with Crippen molar-refractivity contribution in [2.24, 2.45) is 11.8 Å². The molecule has 3 heteroatoms. The van der Waals surface area contributed by atoms with E-state index in [2.05, 4.69) is 0 Å². The number of ether oxygens (including phenoxy) is 1. The zero-order chi connectivity index (χ0) is 15.3. The number of ketones is 2. The predicted molar refractivity (Wildman–Crippen MR) is 82.4 cm³/mol. The lowest BCUT2D eigenvalue weighted by Gasteiger charge is -2.46. The van der Waals surface area contributed by atoms with E-state index in [0.717, 1.165) is 17.7 Å². The van der Waals surface area contributed by atoms with Gasteiger partial charge in [-0.3, -0.25) is 9.59 Å². The minimum absolute atomic E-state index is 0.110. The SMILES string of the molecule is COc1cccc([C@@H]2C[C@H]3C(=O)c4ccccc4C(=O)[C@H]32)c1. The van der Waals surface area contributed by atoms with Gasteiger partial charge in [-0.1, -0.05) is 36.4 Å². The van der Waals surface area contributed by atoms with Crippen molar-refractivity contribution in [3.8, 4) is 5.75 Å². The Kier molecular flexibility index (Phi) is 2.89. The van der Waals surface area contributed by atoms with Gasteiger partial charge in [0.1, 0.15) is 5.75 Å². The second kappa shape index (κ2) is 4.80. The molecular weight excluding hydrogens is 276 g/mol. The predicted octanol–water partition coefficient (Wildman–Crippen LogP) is 3.49. The van der Waals surface area contributed by atoms with E-state index in [1.54, 1.807) is 19.2 Å². The van der Waals surface area contributed by atoms with Crippen LogP contribution in [0.2, 0.25) is 0 Å². The Morgan fingerprint density at radius 2 is 1.64 bits per heavy atom. The molecule has 0 bridgehead atoms. The molecule has 0 unspecified atom stereocenters. The van der Waals surface area contributed by atoms with Crippen molar-refractivity contribution in [1.82, 2.24) is 0 Å². The monoisotopic (exact) mass is 292 g/mol. The molecule has 4 rings (SSSR count). The molecule has 0 heterocycles. The summed E-state index contributed by atoms with van der Waals surface area (Å²) >= 11 is 0. The molecule has 2 aliphatic carbocycles. The van der Waals surface area contributed by atoms with Crippen LogP contribution < -0.4 is 4.74 Å². The van der Waals surface area contributed by atoms with Gasteiger partial charge in [-0.15, -0.1) is 0 Å². The number of benzene rings is 2. The number of rotatable bonds is 2. The van der Waals surface area contributed by atoms with Crippen molar-refractivity contribution < 1.29 is 14.3 Å². The fourth-order valence-electron chi connectivity index (χ4n) is 3.79. The molecular formula is C19H16O3. The van der Waals surface area contributed by atoms with E-state index in [4.69, 9.17) is 4.74 Å². The minimum Gasteiger partial charge on any atom is -0.497 e. The summed E-state index contributed by atoms with van der Waals surface area (Å²) in [5.41, 5.74) is 2.26. The average Bonchev–Trinajstić information content (AvgIpc) is 2.53. The van der Waals surface area contributed by atoms with Crippen molar-refractivity contribution in [2.45, 2.75) is 12.3 Å². The maximum Gasteiger partial charge on any atom is 0.168 e. The summed E-state index contributed by atoms with van der Waals surface area (Å²) in [4.78, 5) is 25.3. The van der Waals surface area contributed by atoms with Gasteiger partial charge in [0.2, 0.25) is 0 Å². The number of fused-ring (bicyclic) bond motifs is 2. The van der Waals surface area contributed by atoms with Gasteiger partial charge in [0, 0.05) is 23.0 Å². The van der Waals surface area contributed by atoms with Gasteiger partial charge in [0.15, 0.2) is 11.6 Å². The Morgan fingerprint density at radius 3 is 2.36 bits per heavy atom. The van der Waals surface area contributed by atoms with E-state index in [0.29, 0.717) is 11.1 Å². The molecule has 110 valence electrons. The summed E-state index contributed by atoms with van der Waals surface area (Å²) < 4.78 is 5.26. The molecule has 0 saturated heterocycles. The third-order valence-corrected chi connectivity index (χ3v) is 4.99. The lowest BCUT2D eigenvalue weighted by Crippen LogP contribution is -2.48. The van der Waals surface area contributed by atoms with E-state index in [-0.39, 0.29) is 29.3 Å². The Balaban J connectivity index is 1.72. The van der Waals surface area contributed by atoms with Gasteiger partial charge in [-0.05, 0) is 30.0 Å². The molecule has 22 heavy (non-hydrogen) atoms. The Hall–Kier alpha value is -2.42. The van der Waals surface area contributed by atoms with Crippen LogP contribution in [0.1, 0.15) is 38.6 Å². The zero-order valence-electron chi connectivity index (χ0n) is 12.3. The minimum atomic E-state index is -0.213. The number of hydrogen-bond acceptors (Lipinski definition) is 3. The molecule has 3 atom stereocenters. The summed E-state index contributed by atoms with van der Waals surface area (Å²) in [5, 5.41) is 0. The van der Waals surface area contributed by atoms with Gasteiger partial charge >= 0.3 is 0 Å². The molecule has 1 fully saturated rings. The Labute approximate surface area is 128 Å². The summed E-state index contributed by atoms with van der Waals surface area (Å²) in [6, 6.07) is 15.0. The van der Waals surface area contributed by atoms with Crippen molar-refractivity contribution in [1.29, 1.82) is 0 Å². The second-order valence-electron chi connectivity index (χ2n) is 6.03. The van der Waals surface area contributed by atoms with Crippen LogP contribution in [0.25, 0.3) is 0 Å². The highest BCUT2D eigenvalue weighted by Crippen LogP contribution is 2.53. The van der Waals surface area contributed by atoms with Crippen LogP contribution in [-0.4, -0.2) is 18.7 Å². The fraction of sp³-hybridized carbons (Fsp3) is 0.263. The number of methoxy groups -OCH3 is 1. The smallest absolute Gasteiger partial charge is 0.168 e. The first-order valence-electron chi connectivity index (χ1n) is 7.52. The summed E-state index contributed by atoms with van der Waals surface area (Å²) in [5.74, 6) is 0.771. The van der Waals surface area contributed by atoms with Crippen LogP contribution in [0.3, 0.4) is 0 Å². The van der Waals surface area contributed by atoms with Crippen molar-refractivity contribution >= 4 is 11.6 Å². The third kappa shape index (κ3) is 1.75. The van der Waals surface area contributed by atoms with Crippen molar-refractivity contribution in [3.63, 3.8) is 0 Å². The van der Waals surface area contributed by atoms with Crippen LogP contribution in [0, 0.1) is 11.8 Å². The third-order valence-electron chi connectivity index (χ3n) is 4.99. The Morgan fingerprint density at radius 1 is 0.909 bits per heavy atom. The molecule has 2 aromatic rings. The first kappa shape index (κ1) is 13.3. The summed E-state index contributed by atoms with van der Waals surface area (Å²) in [6.07, 6.45) is 0.747. The van der Waals surface area contributed by atoms with Crippen LogP contribution in [0.4, 0.5) is 0 Å². The van der Waals surface area contributed by atoms with E-state index < -0.39 is 0 Å². The number of carbonyl (C=O) groups excluding carboxylic acids is 2. The molecule has 0 aromatic heterocycles. The lowest BCUT2D eigenvalue weighted by molar-refractivity contribution is 0.0514. The Bertz CT molecular complexity index is 778. The summed E-state index contributed by atoms with van der Waals surface area (Å²) in [7, 11) is 1.63. The summed E-state index contributed by atoms with van der Waals surface area (Å²) in [6.45, 7) is 0. The number of hydrogen-bond donors (Lipinski definition) is 0. The quantitative estimate of drug-likeness (QED) is 0.851. The molecule has 0 spiro atoms. The molecule has 0 aliphatic heterocycles. The van der Waals surface area contributed by atoms with Crippen LogP contribution in [-0.2, 0) is 0 Å². The van der Waals surface area contributed by atoms with Gasteiger partial charge < -0.3 is 4.74 Å². The normalized spacial score (nSPS) is 26.0. The first-order valence-corrected chi connectivity index (χ1v) is 7.52. The van der Waals surface area contributed by atoms with Gasteiger partial charge in [0.05, 0.1) is 7.11 Å². The average molecular weight is 292 g/mol. The van der Waals surface area contributed by atoms with E-state index in [1.165, 1.54) is 0 Å². The fourth-order valence-corrected chi connectivity index (χ4v) is 3.79. The van der Waals surface area contributed by atoms with Crippen molar-refractivity contribution in [2.75, 3.05) is 7.11 Å². The molecule has 3 nitrogen and oxygen atoms in total. The van der Waals surface area contributed by atoms with E-state index >= 15 is 0 Å². The zero-order valence-corrected chi connectivity index (χ0v) is 12.3. The van der Waals surface area contributed by atoms with E-state index in [9.17, 15) is 9.59 Å². The highest BCUT2D eigenvalue weighted by Gasteiger charge is 2.53. The highest BCUT2D eigenvalue weighted by atomic mass is 16.5. The molecule has 2 aliphatic rings. The van der Waals surface area contributed by atoms with Crippen LogP contribution >= 0.6 is 0 Å². The maximum absolute atomic E-state index is 12.8. The van der Waals surface area contributed by atoms with Crippen LogP contribution in [0.15, 0.2) is 48.5 Å². The topological polar surface area (TPSA) is 43.4 Å². The first-order chi connectivity index (χ1) is 10.7. The van der Waals surface area contributed by atoms with E-state index in [1.807, 2.05) is 36.4 Å². The molecule has 0 N–H and O–H groups in total. The number of carbonyl (C=O) groups is 2. The molecule has 1 saturated carbocycles. The number of Topliss-reactive ketones (excluding diaryl/α,β-unsaturated/α-hetero) is 2. The van der Waals surface area contributed by atoms with Crippen LogP contribution in [0.5, 0.6) is 5.75 Å². The molecule has 0 radical (unpaired) electrons. The van der Waals surface area contributed by atoms with Crippen molar-refractivity contribution in [3.05, 3.63) is 65.2 Å².